The molecule has 0 saturated carbocycles. The molecule has 0 radical (unpaired) electrons. The van der Waals surface area contributed by atoms with Crippen molar-refractivity contribution in [3.63, 3.8) is 0 Å². The number of H-pyrrole nitrogens is 1. The van der Waals surface area contributed by atoms with Crippen LogP contribution in [0.15, 0.2) is 43.0 Å². The van der Waals surface area contributed by atoms with Gasteiger partial charge in [-0.3, -0.25) is 14.3 Å². The number of urea groups is 1. The van der Waals surface area contributed by atoms with Crippen molar-refractivity contribution in [1.29, 1.82) is 0 Å². The first kappa shape index (κ1) is 27.4. The van der Waals surface area contributed by atoms with Crippen LogP contribution < -0.4 is 22.1 Å². The number of nitrogens with zero attached hydrogens (tertiary/aromatic N) is 5. The van der Waals surface area contributed by atoms with Gasteiger partial charge in [-0.05, 0) is 30.2 Å². The predicted octanol–water partition coefficient (Wildman–Crippen LogP) is 2.51. The Labute approximate surface area is 220 Å². The van der Waals surface area contributed by atoms with Gasteiger partial charge in [-0.2, -0.15) is 18.3 Å². The maximum Gasteiger partial charge on any atom is 0.433 e. The van der Waals surface area contributed by atoms with Gasteiger partial charge in [0.25, 0.3) is 5.91 Å². The van der Waals surface area contributed by atoms with E-state index in [1.165, 1.54) is 27.9 Å². The minimum Gasteiger partial charge on any atom is -0.351 e. The zero-order valence-corrected chi connectivity index (χ0v) is 20.9. The van der Waals surface area contributed by atoms with Gasteiger partial charge in [0.2, 0.25) is 0 Å². The van der Waals surface area contributed by atoms with Crippen molar-refractivity contribution in [2.75, 3.05) is 31.5 Å². The van der Waals surface area contributed by atoms with E-state index in [0.717, 1.165) is 11.8 Å². The number of anilines is 2. The first-order chi connectivity index (χ1) is 18.6. The van der Waals surface area contributed by atoms with Crippen LogP contribution in [-0.2, 0) is 12.6 Å². The minimum absolute atomic E-state index is 0.141. The lowest BCUT2D eigenvalue weighted by Crippen LogP contribution is -2.43. The van der Waals surface area contributed by atoms with Gasteiger partial charge in [0, 0.05) is 49.8 Å². The number of nitrogens with two attached hydrogens (primary N) is 2. The van der Waals surface area contributed by atoms with Gasteiger partial charge in [0.05, 0.1) is 23.7 Å². The smallest absolute Gasteiger partial charge is 0.351 e. The molecule has 3 aromatic heterocycles. The first-order valence-corrected chi connectivity index (χ1v) is 12.0. The summed E-state index contributed by atoms with van der Waals surface area (Å²) in [6.45, 7) is 2.87. The second-order valence-electron chi connectivity index (χ2n) is 8.49. The molecule has 0 aliphatic carbocycles. The number of amides is 3. The number of primary amides is 1. The molecule has 4 rings (SSSR count). The highest BCUT2D eigenvalue weighted by Crippen LogP contribution is 2.36. The van der Waals surface area contributed by atoms with Gasteiger partial charge in [-0.1, -0.05) is 6.92 Å². The number of halogens is 3. The van der Waals surface area contributed by atoms with Crippen LogP contribution in [0.5, 0.6) is 0 Å². The summed E-state index contributed by atoms with van der Waals surface area (Å²) in [5.74, 6) is 0.000722. The number of benzene rings is 1. The number of alkyl halides is 3. The Hall–Kier alpha value is -4.66. The molecular weight excluding hydrogens is 517 g/mol. The molecule has 0 bridgehead atoms. The van der Waals surface area contributed by atoms with Crippen LogP contribution in [0.25, 0.3) is 16.9 Å². The Balaban J connectivity index is 1.53. The fraction of sp³-hybridized carbons (Fsp3) is 0.292. The number of fused-ring (bicyclic) bond motifs is 1. The fourth-order valence-corrected chi connectivity index (χ4v) is 4.11. The summed E-state index contributed by atoms with van der Waals surface area (Å²) in [4.78, 5) is 34.1. The van der Waals surface area contributed by atoms with E-state index in [4.69, 9.17) is 11.5 Å². The largest absolute Gasteiger partial charge is 0.433 e. The van der Waals surface area contributed by atoms with E-state index in [0.29, 0.717) is 29.1 Å². The zero-order chi connectivity index (χ0) is 28.2. The number of aromatic nitrogens is 5. The number of aromatic amines is 1. The number of rotatable bonds is 10. The summed E-state index contributed by atoms with van der Waals surface area (Å²) in [7, 11) is 0. The Morgan fingerprint density at radius 1 is 1.18 bits per heavy atom. The van der Waals surface area contributed by atoms with Crippen LogP contribution in [0.1, 0.15) is 28.5 Å². The van der Waals surface area contributed by atoms with E-state index < -0.39 is 17.9 Å². The van der Waals surface area contributed by atoms with Gasteiger partial charge in [-0.25, -0.2) is 14.8 Å². The summed E-state index contributed by atoms with van der Waals surface area (Å²) in [6, 6.07) is 4.51. The third kappa shape index (κ3) is 5.93. The molecule has 39 heavy (non-hydrogen) atoms. The number of nitrogens with one attached hydrogen (secondary N) is 3. The highest BCUT2D eigenvalue weighted by Gasteiger charge is 2.36. The maximum atomic E-state index is 13.4. The summed E-state index contributed by atoms with van der Waals surface area (Å²) in [6.07, 6.45) is 1.30. The zero-order valence-electron chi connectivity index (χ0n) is 20.9. The van der Waals surface area contributed by atoms with E-state index in [1.54, 1.807) is 18.2 Å². The van der Waals surface area contributed by atoms with E-state index >= 15 is 0 Å². The summed E-state index contributed by atoms with van der Waals surface area (Å²) < 4.78 is 41.7. The van der Waals surface area contributed by atoms with E-state index in [9.17, 15) is 22.8 Å². The normalized spacial score (nSPS) is 11.5. The lowest BCUT2D eigenvalue weighted by molar-refractivity contribution is -0.140. The quantitative estimate of drug-likeness (QED) is 0.204. The number of hydrogen-bond acceptors (Lipinski definition) is 7. The Bertz CT molecular complexity index is 1480. The van der Waals surface area contributed by atoms with Crippen molar-refractivity contribution in [1.82, 2.24) is 34.8 Å². The molecule has 7 N–H and O–H groups in total. The molecule has 0 unspecified atom stereocenters. The van der Waals surface area contributed by atoms with Crippen LogP contribution in [0.2, 0.25) is 0 Å². The van der Waals surface area contributed by atoms with Crippen molar-refractivity contribution in [3.05, 3.63) is 59.8 Å². The van der Waals surface area contributed by atoms with Gasteiger partial charge < -0.3 is 27.0 Å². The third-order valence-corrected chi connectivity index (χ3v) is 6.00. The highest BCUT2D eigenvalue weighted by atomic mass is 19.4. The molecule has 0 aliphatic heterocycles. The molecule has 0 atom stereocenters. The Morgan fingerprint density at radius 2 is 1.97 bits per heavy atom. The summed E-state index contributed by atoms with van der Waals surface area (Å²) in [5, 5.41) is 11.5. The van der Waals surface area contributed by atoms with Gasteiger partial charge in [-0.15, -0.1) is 0 Å². The van der Waals surface area contributed by atoms with Crippen LogP contribution in [0.3, 0.4) is 0 Å². The summed E-state index contributed by atoms with van der Waals surface area (Å²) >= 11 is 0. The molecule has 3 amide bonds. The second kappa shape index (κ2) is 11.4. The van der Waals surface area contributed by atoms with Crippen molar-refractivity contribution in [2.45, 2.75) is 19.5 Å². The van der Waals surface area contributed by atoms with Crippen LogP contribution in [0, 0.1) is 0 Å². The number of carbonyl (C=O) groups excluding carboxylic acids is 2. The standard InChI is InChI=1S/C24H27F3N10O2/c1-2-14-11-15(3-4-16(14)22(38)31-6-9-36(8-5-28)23(29)39)34-20-21-32-13-18(37(21)10-7-30-20)17-12-33-35-19(17)24(25,26)27/h3-4,7,10-13H,2,5-6,8-9,28H2,1H3,(H2,29,39)(H,30,34)(H,31,38)(H,33,35). The number of carbonyl (C=O) groups is 2. The number of hydrogen-bond donors (Lipinski definition) is 5. The first-order valence-electron chi connectivity index (χ1n) is 12.0. The third-order valence-electron chi connectivity index (χ3n) is 6.00. The lowest BCUT2D eigenvalue weighted by Gasteiger charge is -2.19. The SMILES string of the molecule is CCc1cc(Nc2nccn3c(-c4cn[nH]c4C(F)(F)F)cnc23)ccc1C(=O)NCCN(CCN)C(N)=O. The molecule has 15 heteroatoms. The topological polar surface area (TPSA) is 172 Å². The van der Waals surface area contributed by atoms with Crippen LogP contribution in [0.4, 0.5) is 29.5 Å². The van der Waals surface area contributed by atoms with E-state index in [2.05, 4.69) is 25.7 Å². The molecule has 4 aromatic rings. The maximum absolute atomic E-state index is 13.4. The van der Waals surface area contributed by atoms with Gasteiger partial charge in [0.1, 0.15) is 5.69 Å². The summed E-state index contributed by atoms with van der Waals surface area (Å²) in [5.41, 5.74) is 12.0. The van der Waals surface area contributed by atoms with Crippen LogP contribution in [-0.4, -0.2) is 67.6 Å². The fourth-order valence-electron chi connectivity index (χ4n) is 4.11. The molecule has 0 fully saturated rings. The molecular formula is C24H27F3N10O2. The van der Waals surface area contributed by atoms with Gasteiger partial charge >= 0.3 is 12.2 Å². The molecule has 0 saturated heterocycles. The molecule has 12 nitrogen and oxygen atoms in total. The Morgan fingerprint density at radius 3 is 2.67 bits per heavy atom. The average Bonchev–Trinajstić information content (AvgIpc) is 3.55. The lowest BCUT2D eigenvalue weighted by atomic mass is 10.0. The monoisotopic (exact) mass is 544 g/mol. The minimum atomic E-state index is -4.61. The van der Waals surface area contributed by atoms with E-state index in [1.807, 2.05) is 12.0 Å². The molecule has 1 aromatic carbocycles. The predicted molar refractivity (Wildman–Crippen MR) is 137 cm³/mol. The van der Waals surface area contributed by atoms with Crippen molar-refractivity contribution in [3.8, 4) is 11.3 Å². The molecule has 206 valence electrons. The van der Waals surface area contributed by atoms with Crippen molar-refractivity contribution >= 4 is 29.1 Å². The average molecular weight is 545 g/mol. The van der Waals surface area contributed by atoms with Crippen molar-refractivity contribution < 1.29 is 22.8 Å². The van der Waals surface area contributed by atoms with Crippen LogP contribution >= 0.6 is 0 Å². The number of aryl methyl sites for hydroxylation is 1. The second-order valence-corrected chi connectivity index (χ2v) is 8.49. The molecule has 0 spiro atoms. The highest BCUT2D eigenvalue weighted by molar-refractivity contribution is 5.96. The van der Waals surface area contributed by atoms with Crippen molar-refractivity contribution in [2.24, 2.45) is 11.5 Å². The number of imidazole rings is 1. The van der Waals surface area contributed by atoms with Gasteiger partial charge in [0.15, 0.2) is 11.5 Å². The molecule has 0 aliphatic rings. The molecule has 3 heterocycles. The van der Waals surface area contributed by atoms with E-state index in [-0.39, 0.29) is 43.3 Å². The Kier molecular flexibility index (Phi) is 7.99.